The predicted molar refractivity (Wildman–Crippen MR) is 78.3 cm³/mol. The Morgan fingerprint density at radius 2 is 2.00 bits per heavy atom. The van der Waals surface area contributed by atoms with Crippen LogP contribution in [0.25, 0.3) is 0 Å². The lowest BCUT2D eigenvalue weighted by Crippen LogP contribution is -2.34. The van der Waals surface area contributed by atoms with E-state index in [0.29, 0.717) is 11.6 Å². The molecular formula is C15H23ClN2. The fourth-order valence-corrected chi connectivity index (χ4v) is 2.70. The highest BCUT2D eigenvalue weighted by Crippen LogP contribution is 2.21. The molecule has 2 rings (SSSR count). The first-order chi connectivity index (χ1) is 8.46. The molecule has 1 atom stereocenters. The Morgan fingerprint density at radius 1 is 1.33 bits per heavy atom. The van der Waals surface area contributed by atoms with E-state index >= 15 is 0 Å². The van der Waals surface area contributed by atoms with Gasteiger partial charge in [0.05, 0.1) is 0 Å². The molecule has 0 radical (unpaired) electrons. The molecule has 1 unspecified atom stereocenters. The summed E-state index contributed by atoms with van der Waals surface area (Å²) in [7, 11) is 2.23. The minimum absolute atomic E-state index is 0.291. The largest absolute Gasteiger partial charge is 0.310 e. The summed E-state index contributed by atoms with van der Waals surface area (Å²) in [6.07, 6.45) is 2.31. The summed E-state index contributed by atoms with van der Waals surface area (Å²) in [5.74, 6) is 0. The van der Waals surface area contributed by atoms with E-state index in [1.165, 1.54) is 12.0 Å². The molecule has 1 aliphatic rings. The summed E-state index contributed by atoms with van der Waals surface area (Å²) < 4.78 is 0. The zero-order chi connectivity index (χ0) is 13.2. The van der Waals surface area contributed by atoms with Crippen LogP contribution in [0.3, 0.4) is 0 Å². The fourth-order valence-electron chi connectivity index (χ4n) is 2.58. The van der Waals surface area contributed by atoms with Crippen LogP contribution in [0.15, 0.2) is 24.3 Å². The Kier molecular flexibility index (Phi) is 4.31. The second-order valence-corrected chi connectivity index (χ2v) is 6.42. The smallest absolute Gasteiger partial charge is 0.0406 e. The van der Waals surface area contributed by atoms with Crippen LogP contribution in [-0.4, -0.2) is 36.6 Å². The minimum Gasteiger partial charge on any atom is -0.310 e. The number of halogens is 1. The normalized spacial score (nSPS) is 22.6. The van der Waals surface area contributed by atoms with Crippen LogP contribution in [0.4, 0.5) is 0 Å². The van der Waals surface area contributed by atoms with Gasteiger partial charge in [-0.1, -0.05) is 23.7 Å². The van der Waals surface area contributed by atoms with Crippen molar-refractivity contribution in [2.24, 2.45) is 0 Å². The van der Waals surface area contributed by atoms with Gasteiger partial charge in [-0.05, 0) is 51.4 Å². The van der Waals surface area contributed by atoms with E-state index in [1.54, 1.807) is 0 Å². The van der Waals surface area contributed by atoms with Crippen LogP contribution in [0.5, 0.6) is 0 Å². The molecule has 100 valence electrons. The van der Waals surface area contributed by atoms with Gasteiger partial charge in [-0.2, -0.15) is 0 Å². The highest BCUT2D eigenvalue weighted by atomic mass is 35.5. The van der Waals surface area contributed by atoms with Crippen molar-refractivity contribution in [2.45, 2.75) is 38.3 Å². The number of hydrogen-bond donors (Lipinski definition) is 1. The van der Waals surface area contributed by atoms with E-state index in [0.717, 1.165) is 24.5 Å². The first-order valence-electron chi connectivity index (χ1n) is 6.66. The first-order valence-corrected chi connectivity index (χ1v) is 7.04. The second kappa shape index (κ2) is 5.60. The van der Waals surface area contributed by atoms with Crippen LogP contribution in [-0.2, 0) is 6.42 Å². The molecular weight excluding hydrogens is 244 g/mol. The number of hydrogen-bond acceptors (Lipinski definition) is 2. The van der Waals surface area contributed by atoms with E-state index in [2.05, 4.69) is 43.2 Å². The summed E-state index contributed by atoms with van der Waals surface area (Å²) in [5, 5.41) is 4.39. The third kappa shape index (κ3) is 3.71. The van der Waals surface area contributed by atoms with Gasteiger partial charge in [0.2, 0.25) is 0 Å². The highest BCUT2D eigenvalue weighted by Gasteiger charge is 2.32. The number of nitrogens with zero attached hydrogens (tertiary/aromatic N) is 1. The third-order valence-electron chi connectivity index (χ3n) is 3.85. The van der Waals surface area contributed by atoms with E-state index < -0.39 is 0 Å². The summed E-state index contributed by atoms with van der Waals surface area (Å²) in [6, 6.07) is 8.83. The molecule has 1 aromatic carbocycles. The average molecular weight is 267 g/mol. The second-order valence-electron chi connectivity index (χ2n) is 5.98. The summed E-state index contributed by atoms with van der Waals surface area (Å²) in [6.45, 7) is 6.76. The van der Waals surface area contributed by atoms with Crippen LogP contribution in [0, 0.1) is 0 Å². The van der Waals surface area contributed by atoms with Gasteiger partial charge in [-0.3, -0.25) is 0 Å². The van der Waals surface area contributed by atoms with Crippen molar-refractivity contribution in [3.8, 4) is 0 Å². The lowest BCUT2D eigenvalue weighted by atomic mass is 10.0. The average Bonchev–Trinajstić information content (AvgIpc) is 2.69. The van der Waals surface area contributed by atoms with E-state index in [-0.39, 0.29) is 0 Å². The zero-order valence-corrected chi connectivity index (χ0v) is 12.3. The minimum atomic E-state index is 0.291. The Labute approximate surface area is 115 Å². The lowest BCUT2D eigenvalue weighted by Gasteiger charge is -2.25. The van der Waals surface area contributed by atoms with Gasteiger partial charge < -0.3 is 10.2 Å². The van der Waals surface area contributed by atoms with Crippen LogP contribution < -0.4 is 5.32 Å². The molecule has 2 nitrogen and oxygen atoms in total. The van der Waals surface area contributed by atoms with Crippen molar-refractivity contribution in [3.05, 3.63) is 34.9 Å². The standard InChI is InChI=1S/C15H23ClN2/c1-15(2)10-14(11-17-15)18(3)9-8-12-4-6-13(16)7-5-12/h4-7,14,17H,8-11H2,1-3H3. The molecule has 0 aliphatic carbocycles. The quantitative estimate of drug-likeness (QED) is 0.902. The van der Waals surface area contributed by atoms with Gasteiger partial charge in [0.25, 0.3) is 0 Å². The summed E-state index contributed by atoms with van der Waals surface area (Å²) in [5.41, 5.74) is 1.65. The molecule has 1 saturated heterocycles. The van der Waals surface area contributed by atoms with Crippen LogP contribution in [0.2, 0.25) is 5.02 Å². The number of rotatable bonds is 4. The number of nitrogens with one attached hydrogen (secondary N) is 1. The van der Waals surface area contributed by atoms with E-state index in [1.807, 2.05) is 12.1 Å². The topological polar surface area (TPSA) is 15.3 Å². The van der Waals surface area contributed by atoms with Crippen LogP contribution >= 0.6 is 11.6 Å². The Morgan fingerprint density at radius 3 is 2.56 bits per heavy atom. The van der Waals surface area contributed by atoms with Crippen molar-refractivity contribution in [3.63, 3.8) is 0 Å². The highest BCUT2D eigenvalue weighted by molar-refractivity contribution is 6.30. The molecule has 0 saturated carbocycles. The predicted octanol–water partition coefficient (Wildman–Crippen LogP) is 2.95. The number of likely N-dealkylation sites (N-methyl/N-ethyl adjacent to an activating group) is 1. The van der Waals surface area contributed by atoms with Crippen molar-refractivity contribution >= 4 is 11.6 Å². The maximum Gasteiger partial charge on any atom is 0.0406 e. The first kappa shape index (κ1) is 13.9. The van der Waals surface area contributed by atoms with Gasteiger partial charge in [0.15, 0.2) is 0 Å². The number of benzene rings is 1. The third-order valence-corrected chi connectivity index (χ3v) is 4.10. The van der Waals surface area contributed by atoms with Crippen molar-refractivity contribution in [2.75, 3.05) is 20.1 Å². The maximum absolute atomic E-state index is 5.89. The lowest BCUT2D eigenvalue weighted by molar-refractivity contribution is 0.251. The van der Waals surface area contributed by atoms with Gasteiger partial charge in [-0.25, -0.2) is 0 Å². The molecule has 18 heavy (non-hydrogen) atoms. The molecule has 1 aliphatic heterocycles. The molecule has 0 aromatic heterocycles. The molecule has 1 N–H and O–H groups in total. The SMILES string of the molecule is CN(CCc1ccc(Cl)cc1)C1CNC(C)(C)C1. The Balaban J connectivity index is 1.82. The van der Waals surface area contributed by atoms with Crippen molar-refractivity contribution in [1.29, 1.82) is 0 Å². The molecule has 0 bridgehead atoms. The maximum atomic E-state index is 5.89. The monoisotopic (exact) mass is 266 g/mol. The molecule has 1 heterocycles. The fraction of sp³-hybridized carbons (Fsp3) is 0.600. The van der Waals surface area contributed by atoms with E-state index in [4.69, 9.17) is 11.6 Å². The van der Waals surface area contributed by atoms with Gasteiger partial charge in [0.1, 0.15) is 0 Å². The van der Waals surface area contributed by atoms with Gasteiger partial charge in [0, 0.05) is 29.7 Å². The van der Waals surface area contributed by atoms with Crippen molar-refractivity contribution < 1.29 is 0 Å². The van der Waals surface area contributed by atoms with Gasteiger partial charge >= 0.3 is 0 Å². The Hall–Kier alpha value is -0.570. The molecule has 3 heteroatoms. The van der Waals surface area contributed by atoms with E-state index in [9.17, 15) is 0 Å². The molecule has 0 amide bonds. The molecule has 0 spiro atoms. The summed E-state index contributed by atoms with van der Waals surface area (Å²) in [4.78, 5) is 2.47. The van der Waals surface area contributed by atoms with Gasteiger partial charge in [-0.15, -0.1) is 0 Å². The molecule has 1 fully saturated rings. The zero-order valence-electron chi connectivity index (χ0n) is 11.5. The van der Waals surface area contributed by atoms with Crippen molar-refractivity contribution in [1.82, 2.24) is 10.2 Å². The van der Waals surface area contributed by atoms with Crippen LogP contribution in [0.1, 0.15) is 25.8 Å². The Bertz CT molecular complexity index is 386. The molecule has 1 aromatic rings. The summed E-state index contributed by atoms with van der Waals surface area (Å²) >= 11 is 5.89.